The summed E-state index contributed by atoms with van der Waals surface area (Å²) in [4.78, 5) is 5.60. The molecule has 1 aromatic rings. The Hall–Kier alpha value is -1.20. The Morgan fingerprint density at radius 1 is 1.28 bits per heavy atom. The van der Waals surface area contributed by atoms with Gasteiger partial charge in [0.05, 0.1) is 0 Å². The number of hydrogen-bond acceptors (Lipinski definition) is 3. The number of nitrogens with zero attached hydrogens (tertiary/aromatic N) is 2. The van der Waals surface area contributed by atoms with Crippen LogP contribution in [0.1, 0.15) is 50.5 Å². The third-order valence-electron chi connectivity index (χ3n) is 3.10. The SMILES string of the molecule is CC(C)c1oc(N2CCC(F)CC2)nc1C(F)F. The van der Waals surface area contributed by atoms with Crippen LogP contribution in [0.4, 0.5) is 19.2 Å². The van der Waals surface area contributed by atoms with E-state index in [1.54, 1.807) is 18.7 Å². The fourth-order valence-electron chi connectivity index (χ4n) is 2.08. The van der Waals surface area contributed by atoms with Gasteiger partial charge >= 0.3 is 0 Å². The molecule has 0 saturated carbocycles. The molecule has 0 radical (unpaired) electrons. The molecule has 0 atom stereocenters. The molecular weight excluding hydrogens is 245 g/mol. The normalized spacial score (nSPS) is 18.1. The van der Waals surface area contributed by atoms with E-state index in [1.807, 2.05) is 0 Å². The average Bonchev–Trinajstić information content (AvgIpc) is 2.75. The van der Waals surface area contributed by atoms with Gasteiger partial charge in [0.1, 0.15) is 11.9 Å². The lowest BCUT2D eigenvalue weighted by atomic mass is 10.1. The maximum absolute atomic E-state index is 13.0. The molecule has 0 spiro atoms. The van der Waals surface area contributed by atoms with Gasteiger partial charge in [-0.3, -0.25) is 0 Å². The Bertz CT molecular complexity index is 373. The van der Waals surface area contributed by atoms with Crippen molar-refractivity contribution in [1.29, 1.82) is 0 Å². The zero-order valence-corrected chi connectivity index (χ0v) is 10.5. The van der Waals surface area contributed by atoms with Crippen LogP contribution < -0.4 is 4.90 Å². The molecule has 102 valence electrons. The second kappa shape index (κ2) is 5.20. The summed E-state index contributed by atoms with van der Waals surface area (Å²) in [5, 5.41) is 0. The molecule has 2 rings (SSSR count). The summed E-state index contributed by atoms with van der Waals surface area (Å²) in [6.07, 6.45) is -2.67. The van der Waals surface area contributed by atoms with E-state index in [9.17, 15) is 13.2 Å². The summed E-state index contributed by atoms with van der Waals surface area (Å²) in [5.41, 5.74) is -0.289. The van der Waals surface area contributed by atoms with E-state index < -0.39 is 12.6 Å². The number of halogens is 3. The van der Waals surface area contributed by atoms with Crippen LogP contribution in [0.25, 0.3) is 0 Å². The second-order valence-corrected chi connectivity index (χ2v) is 4.86. The Balaban J connectivity index is 2.21. The molecule has 2 heterocycles. The van der Waals surface area contributed by atoms with Gasteiger partial charge in [-0.1, -0.05) is 13.8 Å². The molecule has 6 heteroatoms. The zero-order valence-electron chi connectivity index (χ0n) is 10.5. The summed E-state index contributed by atoms with van der Waals surface area (Å²) in [5.74, 6) is 0.0799. The van der Waals surface area contributed by atoms with Crippen LogP contribution in [0.15, 0.2) is 4.42 Å². The molecule has 1 aliphatic heterocycles. The molecule has 1 aromatic heterocycles. The summed E-state index contributed by atoms with van der Waals surface area (Å²) in [7, 11) is 0. The fourth-order valence-corrected chi connectivity index (χ4v) is 2.08. The number of oxazole rings is 1. The topological polar surface area (TPSA) is 29.3 Å². The minimum atomic E-state index is -2.64. The quantitative estimate of drug-likeness (QED) is 0.832. The van der Waals surface area contributed by atoms with Gasteiger partial charge in [0.25, 0.3) is 12.4 Å². The molecule has 0 unspecified atom stereocenters. The van der Waals surface area contributed by atoms with Crippen molar-refractivity contribution in [2.24, 2.45) is 0 Å². The standard InChI is InChI=1S/C12H17F3N2O/c1-7(2)10-9(11(14)15)16-12(18-10)17-5-3-8(13)4-6-17/h7-8,11H,3-6H2,1-2H3. The van der Waals surface area contributed by atoms with Gasteiger partial charge in [0.15, 0.2) is 5.69 Å². The lowest BCUT2D eigenvalue weighted by Crippen LogP contribution is -2.34. The van der Waals surface area contributed by atoms with Crippen LogP contribution in [-0.2, 0) is 0 Å². The molecule has 1 fully saturated rings. The summed E-state index contributed by atoms with van der Waals surface area (Å²) < 4.78 is 44.1. The van der Waals surface area contributed by atoms with Crippen molar-refractivity contribution in [2.45, 2.75) is 45.2 Å². The average molecular weight is 262 g/mol. The van der Waals surface area contributed by atoms with Crippen LogP contribution in [0.5, 0.6) is 0 Å². The highest BCUT2D eigenvalue weighted by molar-refractivity contribution is 5.32. The minimum Gasteiger partial charge on any atom is -0.428 e. The van der Waals surface area contributed by atoms with Crippen molar-refractivity contribution >= 4 is 6.01 Å². The van der Waals surface area contributed by atoms with Gasteiger partial charge in [-0.25, -0.2) is 13.2 Å². The maximum atomic E-state index is 13.0. The molecule has 3 nitrogen and oxygen atoms in total. The Labute approximate surface area is 104 Å². The Morgan fingerprint density at radius 3 is 2.33 bits per heavy atom. The van der Waals surface area contributed by atoms with Crippen LogP contribution >= 0.6 is 0 Å². The van der Waals surface area contributed by atoms with Gasteiger partial charge in [0, 0.05) is 19.0 Å². The van der Waals surface area contributed by atoms with Crippen LogP contribution in [0.2, 0.25) is 0 Å². The van der Waals surface area contributed by atoms with Crippen molar-refractivity contribution < 1.29 is 17.6 Å². The first-order valence-electron chi connectivity index (χ1n) is 6.16. The van der Waals surface area contributed by atoms with E-state index in [4.69, 9.17) is 4.42 Å². The van der Waals surface area contributed by atoms with E-state index in [-0.39, 0.29) is 23.4 Å². The molecule has 0 aliphatic carbocycles. The number of piperidine rings is 1. The first kappa shape index (κ1) is 13.2. The Morgan fingerprint density at radius 2 is 1.89 bits per heavy atom. The number of rotatable bonds is 3. The lowest BCUT2D eigenvalue weighted by Gasteiger charge is -2.26. The molecule has 0 N–H and O–H groups in total. The van der Waals surface area contributed by atoms with Crippen molar-refractivity contribution in [3.05, 3.63) is 11.5 Å². The molecular formula is C12H17F3N2O. The Kier molecular flexibility index (Phi) is 3.82. The van der Waals surface area contributed by atoms with Gasteiger partial charge in [0.2, 0.25) is 0 Å². The molecule has 1 saturated heterocycles. The van der Waals surface area contributed by atoms with E-state index in [0.29, 0.717) is 25.9 Å². The second-order valence-electron chi connectivity index (χ2n) is 4.86. The minimum absolute atomic E-state index is 0.144. The third-order valence-corrected chi connectivity index (χ3v) is 3.10. The molecule has 0 aromatic carbocycles. The first-order valence-corrected chi connectivity index (χ1v) is 6.16. The van der Waals surface area contributed by atoms with E-state index in [1.165, 1.54) is 0 Å². The number of alkyl halides is 3. The van der Waals surface area contributed by atoms with E-state index in [2.05, 4.69) is 4.98 Å². The van der Waals surface area contributed by atoms with Crippen molar-refractivity contribution in [2.75, 3.05) is 18.0 Å². The molecule has 0 amide bonds. The summed E-state index contributed by atoms with van der Waals surface area (Å²) in [6, 6.07) is 0.195. The molecule has 1 aliphatic rings. The van der Waals surface area contributed by atoms with E-state index >= 15 is 0 Å². The fraction of sp³-hybridized carbons (Fsp3) is 0.750. The number of hydrogen-bond donors (Lipinski definition) is 0. The van der Waals surface area contributed by atoms with Crippen molar-refractivity contribution in [3.8, 4) is 0 Å². The van der Waals surface area contributed by atoms with Crippen molar-refractivity contribution in [1.82, 2.24) is 4.98 Å². The van der Waals surface area contributed by atoms with Crippen molar-refractivity contribution in [3.63, 3.8) is 0 Å². The highest BCUT2D eigenvalue weighted by Gasteiger charge is 2.27. The van der Waals surface area contributed by atoms with Gasteiger partial charge in [-0.15, -0.1) is 0 Å². The van der Waals surface area contributed by atoms with Gasteiger partial charge in [-0.2, -0.15) is 4.98 Å². The first-order chi connectivity index (χ1) is 8.49. The highest BCUT2D eigenvalue weighted by atomic mass is 19.3. The largest absolute Gasteiger partial charge is 0.428 e. The molecule has 18 heavy (non-hydrogen) atoms. The molecule has 0 bridgehead atoms. The van der Waals surface area contributed by atoms with E-state index in [0.717, 1.165) is 0 Å². The lowest BCUT2D eigenvalue weighted by molar-refractivity contribution is 0.143. The summed E-state index contributed by atoms with van der Waals surface area (Å²) >= 11 is 0. The van der Waals surface area contributed by atoms with Gasteiger partial charge < -0.3 is 9.32 Å². The van der Waals surface area contributed by atoms with Crippen LogP contribution in [0.3, 0.4) is 0 Å². The number of aromatic nitrogens is 1. The highest BCUT2D eigenvalue weighted by Crippen LogP contribution is 2.32. The summed E-state index contributed by atoms with van der Waals surface area (Å²) in [6.45, 7) is 4.48. The van der Waals surface area contributed by atoms with Crippen LogP contribution in [0, 0.1) is 0 Å². The van der Waals surface area contributed by atoms with Crippen LogP contribution in [-0.4, -0.2) is 24.2 Å². The zero-order chi connectivity index (χ0) is 13.3. The predicted octanol–water partition coefficient (Wildman–Crippen LogP) is 3.67. The number of anilines is 1. The predicted molar refractivity (Wildman–Crippen MR) is 61.9 cm³/mol. The third kappa shape index (κ3) is 2.62. The monoisotopic (exact) mass is 262 g/mol. The maximum Gasteiger partial charge on any atom is 0.297 e. The smallest absolute Gasteiger partial charge is 0.297 e. The van der Waals surface area contributed by atoms with Gasteiger partial charge in [-0.05, 0) is 12.8 Å².